The number of hydrogen-bond donors (Lipinski definition) is 1. The van der Waals surface area contributed by atoms with Gasteiger partial charge in [0.25, 0.3) is 0 Å². The van der Waals surface area contributed by atoms with E-state index in [0.717, 1.165) is 10.0 Å². The molecule has 2 nitrogen and oxygen atoms in total. The molecule has 0 amide bonds. The minimum Gasteiger partial charge on any atom is -0.313 e. The van der Waals surface area contributed by atoms with Crippen molar-refractivity contribution < 1.29 is 4.79 Å². The Morgan fingerprint density at radius 3 is 2.31 bits per heavy atom. The molecule has 0 aromatic heterocycles. The summed E-state index contributed by atoms with van der Waals surface area (Å²) in [7, 11) is 0. The van der Waals surface area contributed by atoms with Gasteiger partial charge in [-0.2, -0.15) is 0 Å². The molecular weight excluding hydrogens is 266 g/mol. The highest BCUT2D eigenvalue weighted by Gasteiger charge is 2.16. The van der Waals surface area contributed by atoms with Crippen LogP contribution in [0.15, 0.2) is 28.7 Å². The minimum atomic E-state index is -0.0458. The van der Waals surface area contributed by atoms with Gasteiger partial charge in [0.05, 0.1) is 5.92 Å². The second kappa shape index (κ2) is 6.16. The predicted molar refractivity (Wildman–Crippen MR) is 70.7 cm³/mol. The summed E-state index contributed by atoms with van der Waals surface area (Å²) in [5.41, 5.74) is 1.07. The molecule has 88 valence electrons. The molecule has 0 unspecified atom stereocenters. The third-order valence-electron chi connectivity index (χ3n) is 2.49. The van der Waals surface area contributed by atoms with Crippen molar-refractivity contribution in [1.82, 2.24) is 5.32 Å². The molecule has 1 aromatic carbocycles. The fourth-order valence-electron chi connectivity index (χ4n) is 1.54. The highest BCUT2D eigenvalue weighted by molar-refractivity contribution is 9.10. The first-order chi connectivity index (χ1) is 7.50. The molecule has 0 aliphatic carbocycles. The molecule has 0 aliphatic heterocycles. The standard InChI is InChI=1S/C13H18BrNO/c1-9(2)15-8-13(10(3)16)11-4-6-12(14)7-5-11/h4-7,9,13,15H,8H2,1-3H3/t13-/m1/s1. The number of benzene rings is 1. The van der Waals surface area contributed by atoms with Crippen LogP contribution in [0.1, 0.15) is 32.3 Å². The number of ketones is 1. The van der Waals surface area contributed by atoms with Gasteiger partial charge in [-0.1, -0.05) is 41.9 Å². The summed E-state index contributed by atoms with van der Waals surface area (Å²) in [6.07, 6.45) is 0. The summed E-state index contributed by atoms with van der Waals surface area (Å²) in [5, 5.41) is 3.31. The van der Waals surface area contributed by atoms with E-state index in [2.05, 4.69) is 35.1 Å². The molecule has 0 spiro atoms. The van der Waals surface area contributed by atoms with Gasteiger partial charge in [-0.15, -0.1) is 0 Å². The molecule has 0 fully saturated rings. The van der Waals surface area contributed by atoms with E-state index >= 15 is 0 Å². The lowest BCUT2D eigenvalue weighted by Crippen LogP contribution is -2.30. The van der Waals surface area contributed by atoms with E-state index in [0.29, 0.717) is 12.6 Å². The van der Waals surface area contributed by atoms with Crippen LogP contribution in [0.5, 0.6) is 0 Å². The Balaban J connectivity index is 2.77. The Labute approximate surface area is 106 Å². The van der Waals surface area contributed by atoms with Crippen molar-refractivity contribution in [3.05, 3.63) is 34.3 Å². The van der Waals surface area contributed by atoms with Crippen LogP contribution in [0.25, 0.3) is 0 Å². The van der Waals surface area contributed by atoms with Crippen molar-refractivity contribution in [1.29, 1.82) is 0 Å². The first-order valence-electron chi connectivity index (χ1n) is 5.50. The van der Waals surface area contributed by atoms with Crippen molar-refractivity contribution in [2.45, 2.75) is 32.7 Å². The summed E-state index contributed by atoms with van der Waals surface area (Å²) in [4.78, 5) is 11.6. The van der Waals surface area contributed by atoms with Crippen molar-refractivity contribution in [3.8, 4) is 0 Å². The van der Waals surface area contributed by atoms with E-state index in [4.69, 9.17) is 0 Å². The van der Waals surface area contributed by atoms with Crippen LogP contribution in [0.4, 0.5) is 0 Å². The molecule has 0 radical (unpaired) electrons. The van der Waals surface area contributed by atoms with Gasteiger partial charge in [-0.25, -0.2) is 0 Å². The van der Waals surface area contributed by atoms with Crippen LogP contribution < -0.4 is 5.32 Å². The lowest BCUT2D eigenvalue weighted by atomic mass is 9.95. The van der Waals surface area contributed by atoms with Crippen LogP contribution in [0.3, 0.4) is 0 Å². The Morgan fingerprint density at radius 1 is 1.31 bits per heavy atom. The van der Waals surface area contributed by atoms with Gasteiger partial charge in [0, 0.05) is 17.1 Å². The lowest BCUT2D eigenvalue weighted by molar-refractivity contribution is -0.118. The van der Waals surface area contributed by atoms with Crippen molar-refractivity contribution in [3.63, 3.8) is 0 Å². The molecule has 0 saturated carbocycles. The molecule has 3 heteroatoms. The fraction of sp³-hybridized carbons (Fsp3) is 0.462. The molecule has 1 aromatic rings. The van der Waals surface area contributed by atoms with E-state index in [9.17, 15) is 4.79 Å². The summed E-state index contributed by atoms with van der Waals surface area (Å²) in [6, 6.07) is 8.34. The van der Waals surface area contributed by atoms with Gasteiger partial charge in [0.2, 0.25) is 0 Å². The smallest absolute Gasteiger partial charge is 0.138 e. The molecule has 1 N–H and O–H groups in total. The minimum absolute atomic E-state index is 0.0458. The van der Waals surface area contributed by atoms with Crippen LogP contribution in [-0.4, -0.2) is 18.4 Å². The van der Waals surface area contributed by atoms with Gasteiger partial charge in [0.1, 0.15) is 5.78 Å². The zero-order valence-electron chi connectivity index (χ0n) is 9.96. The number of carbonyl (C=O) groups excluding carboxylic acids is 1. The number of nitrogens with one attached hydrogen (secondary N) is 1. The zero-order valence-corrected chi connectivity index (χ0v) is 11.5. The lowest BCUT2D eigenvalue weighted by Gasteiger charge is -2.17. The third-order valence-corrected chi connectivity index (χ3v) is 3.02. The number of halogens is 1. The molecule has 0 saturated heterocycles. The summed E-state index contributed by atoms with van der Waals surface area (Å²) in [5.74, 6) is 0.158. The van der Waals surface area contributed by atoms with Crippen LogP contribution in [0, 0.1) is 0 Å². The normalized spacial score (nSPS) is 12.8. The zero-order chi connectivity index (χ0) is 12.1. The molecule has 16 heavy (non-hydrogen) atoms. The highest BCUT2D eigenvalue weighted by atomic mass is 79.9. The topological polar surface area (TPSA) is 29.1 Å². The van der Waals surface area contributed by atoms with E-state index in [1.807, 2.05) is 24.3 Å². The fourth-order valence-corrected chi connectivity index (χ4v) is 1.81. The number of Topliss-reactive ketones (excluding diaryl/α,β-unsaturated/α-hetero) is 1. The highest BCUT2D eigenvalue weighted by Crippen LogP contribution is 2.19. The number of carbonyl (C=O) groups is 1. The van der Waals surface area contributed by atoms with E-state index in [1.165, 1.54) is 0 Å². The van der Waals surface area contributed by atoms with Gasteiger partial charge in [-0.3, -0.25) is 4.79 Å². The SMILES string of the molecule is CC(=O)[C@@H](CNC(C)C)c1ccc(Br)cc1. The molecule has 0 aliphatic rings. The molecular formula is C13H18BrNO. The largest absolute Gasteiger partial charge is 0.313 e. The molecule has 1 atom stereocenters. The van der Waals surface area contributed by atoms with Crippen molar-refractivity contribution >= 4 is 21.7 Å². The summed E-state index contributed by atoms with van der Waals surface area (Å²) in [6.45, 7) is 6.51. The van der Waals surface area contributed by atoms with Gasteiger partial charge < -0.3 is 5.32 Å². The summed E-state index contributed by atoms with van der Waals surface area (Å²) < 4.78 is 1.04. The number of hydrogen-bond acceptors (Lipinski definition) is 2. The van der Waals surface area contributed by atoms with Crippen LogP contribution >= 0.6 is 15.9 Å². The van der Waals surface area contributed by atoms with Crippen molar-refractivity contribution in [2.24, 2.45) is 0 Å². The molecule has 0 heterocycles. The monoisotopic (exact) mass is 283 g/mol. The Morgan fingerprint density at radius 2 is 1.88 bits per heavy atom. The maximum Gasteiger partial charge on any atom is 0.138 e. The second-order valence-corrected chi connectivity index (χ2v) is 5.19. The number of rotatable bonds is 5. The first kappa shape index (κ1) is 13.4. The van der Waals surface area contributed by atoms with Crippen molar-refractivity contribution in [2.75, 3.05) is 6.54 Å². The van der Waals surface area contributed by atoms with Gasteiger partial charge in [0.15, 0.2) is 0 Å². The van der Waals surface area contributed by atoms with Crippen LogP contribution in [0.2, 0.25) is 0 Å². The maximum absolute atomic E-state index is 11.6. The average Bonchev–Trinajstić information content (AvgIpc) is 2.20. The second-order valence-electron chi connectivity index (χ2n) is 4.28. The van der Waals surface area contributed by atoms with E-state index < -0.39 is 0 Å². The van der Waals surface area contributed by atoms with E-state index in [1.54, 1.807) is 6.92 Å². The Hall–Kier alpha value is -0.670. The Kier molecular flexibility index (Phi) is 5.16. The third kappa shape index (κ3) is 4.06. The van der Waals surface area contributed by atoms with Gasteiger partial charge >= 0.3 is 0 Å². The average molecular weight is 284 g/mol. The quantitative estimate of drug-likeness (QED) is 0.900. The predicted octanol–water partition coefficient (Wildman–Crippen LogP) is 3.12. The van der Waals surface area contributed by atoms with Gasteiger partial charge in [-0.05, 0) is 24.6 Å². The Bertz CT molecular complexity index is 345. The first-order valence-corrected chi connectivity index (χ1v) is 6.29. The maximum atomic E-state index is 11.6. The molecule has 1 rings (SSSR count). The summed E-state index contributed by atoms with van der Waals surface area (Å²) >= 11 is 3.39. The molecule has 0 bridgehead atoms. The van der Waals surface area contributed by atoms with E-state index in [-0.39, 0.29) is 11.7 Å². The van der Waals surface area contributed by atoms with Crippen LogP contribution in [-0.2, 0) is 4.79 Å².